The van der Waals surface area contributed by atoms with Crippen molar-refractivity contribution in [3.8, 4) is 17.1 Å². The second kappa shape index (κ2) is 4.77. The average Bonchev–Trinajstić information content (AvgIpc) is 2.91. The molecule has 5 nitrogen and oxygen atoms in total. The van der Waals surface area contributed by atoms with Crippen molar-refractivity contribution in [1.29, 1.82) is 0 Å². The third-order valence-electron chi connectivity index (χ3n) is 3.20. The van der Waals surface area contributed by atoms with Gasteiger partial charge in [-0.3, -0.25) is 0 Å². The van der Waals surface area contributed by atoms with Crippen LogP contribution in [0.25, 0.3) is 17.1 Å². The Bertz CT molecular complexity index is 743. The number of nitrogens with two attached hydrogens (primary N) is 1. The molecule has 0 fully saturated rings. The first kappa shape index (κ1) is 12.3. The van der Waals surface area contributed by atoms with Gasteiger partial charge in [0.1, 0.15) is 0 Å². The highest BCUT2D eigenvalue weighted by Gasteiger charge is 2.13. The van der Waals surface area contributed by atoms with E-state index in [0.29, 0.717) is 11.5 Å². The Kier molecular flexibility index (Phi) is 2.95. The van der Waals surface area contributed by atoms with E-state index in [2.05, 4.69) is 15.5 Å². The fourth-order valence-electron chi connectivity index (χ4n) is 2.08. The van der Waals surface area contributed by atoms with Gasteiger partial charge in [-0.15, -0.1) is 5.10 Å². The standard InChI is InChI=1S/C15H15N5/c1-10-3-6-12(7-4-10)20-15(17-18-19-20)13-9-11(2)5-8-14(13)16/h3-9H,16H2,1-2H3. The van der Waals surface area contributed by atoms with Gasteiger partial charge >= 0.3 is 0 Å². The van der Waals surface area contributed by atoms with E-state index in [1.807, 2.05) is 56.3 Å². The van der Waals surface area contributed by atoms with Gasteiger partial charge in [-0.2, -0.15) is 4.68 Å². The topological polar surface area (TPSA) is 69.6 Å². The zero-order chi connectivity index (χ0) is 14.1. The number of benzene rings is 2. The molecule has 0 aliphatic rings. The van der Waals surface area contributed by atoms with Crippen LogP contribution in [0, 0.1) is 13.8 Å². The number of tetrazole rings is 1. The van der Waals surface area contributed by atoms with Gasteiger partial charge in [0.25, 0.3) is 0 Å². The van der Waals surface area contributed by atoms with Gasteiger partial charge in [0, 0.05) is 11.3 Å². The Morgan fingerprint density at radius 3 is 2.40 bits per heavy atom. The zero-order valence-corrected chi connectivity index (χ0v) is 11.4. The lowest BCUT2D eigenvalue weighted by Crippen LogP contribution is -2.02. The number of rotatable bonds is 2. The normalized spacial score (nSPS) is 10.7. The molecule has 0 saturated carbocycles. The van der Waals surface area contributed by atoms with Gasteiger partial charge in [0.05, 0.1) is 5.69 Å². The third-order valence-corrected chi connectivity index (χ3v) is 3.20. The predicted octanol–water partition coefficient (Wildman–Crippen LogP) is 2.53. The molecule has 2 N–H and O–H groups in total. The number of nitrogen functional groups attached to an aromatic ring is 1. The van der Waals surface area contributed by atoms with Crippen LogP contribution in [0.4, 0.5) is 5.69 Å². The van der Waals surface area contributed by atoms with Crippen LogP contribution in [0.5, 0.6) is 0 Å². The summed E-state index contributed by atoms with van der Waals surface area (Å²) in [5, 5.41) is 11.9. The van der Waals surface area contributed by atoms with E-state index in [0.717, 1.165) is 16.8 Å². The first-order valence-corrected chi connectivity index (χ1v) is 6.37. The smallest absolute Gasteiger partial charge is 0.189 e. The molecule has 3 aromatic rings. The summed E-state index contributed by atoms with van der Waals surface area (Å²) in [6, 6.07) is 13.9. The number of anilines is 1. The second-order valence-electron chi connectivity index (χ2n) is 4.84. The molecule has 0 atom stereocenters. The number of aryl methyl sites for hydroxylation is 2. The summed E-state index contributed by atoms with van der Waals surface area (Å²) in [5.74, 6) is 0.648. The lowest BCUT2D eigenvalue weighted by molar-refractivity contribution is 0.791. The van der Waals surface area contributed by atoms with E-state index in [1.165, 1.54) is 5.56 Å². The molecule has 0 radical (unpaired) electrons. The molecule has 0 saturated heterocycles. The Morgan fingerprint density at radius 1 is 0.950 bits per heavy atom. The van der Waals surface area contributed by atoms with Gasteiger partial charge < -0.3 is 5.73 Å². The van der Waals surface area contributed by atoms with Crippen LogP contribution in [0.3, 0.4) is 0 Å². The van der Waals surface area contributed by atoms with Crippen LogP contribution >= 0.6 is 0 Å². The largest absolute Gasteiger partial charge is 0.398 e. The van der Waals surface area contributed by atoms with E-state index in [1.54, 1.807) is 4.68 Å². The quantitative estimate of drug-likeness (QED) is 0.723. The Morgan fingerprint density at radius 2 is 1.65 bits per heavy atom. The molecule has 3 rings (SSSR count). The van der Waals surface area contributed by atoms with E-state index in [-0.39, 0.29) is 0 Å². The van der Waals surface area contributed by atoms with Crippen LogP contribution < -0.4 is 5.73 Å². The lowest BCUT2D eigenvalue weighted by Gasteiger charge is -2.08. The second-order valence-corrected chi connectivity index (χ2v) is 4.84. The highest BCUT2D eigenvalue weighted by Crippen LogP contribution is 2.26. The molecule has 0 spiro atoms. The summed E-state index contributed by atoms with van der Waals surface area (Å²) in [4.78, 5) is 0. The van der Waals surface area contributed by atoms with Gasteiger partial charge in [-0.25, -0.2) is 0 Å². The summed E-state index contributed by atoms with van der Waals surface area (Å²) in [6.45, 7) is 4.06. The van der Waals surface area contributed by atoms with Gasteiger partial charge in [-0.05, 0) is 48.5 Å². The maximum Gasteiger partial charge on any atom is 0.189 e. The number of hydrogen-bond acceptors (Lipinski definition) is 4. The molecular weight excluding hydrogens is 250 g/mol. The molecule has 0 aliphatic heterocycles. The maximum atomic E-state index is 6.04. The van der Waals surface area contributed by atoms with Crippen LogP contribution in [0.1, 0.15) is 11.1 Å². The van der Waals surface area contributed by atoms with Crippen molar-refractivity contribution in [1.82, 2.24) is 20.2 Å². The molecule has 0 amide bonds. The molecule has 0 aliphatic carbocycles. The summed E-state index contributed by atoms with van der Waals surface area (Å²) in [6.07, 6.45) is 0. The molecule has 1 aromatic heterocycles. The maximum absolute atomic E-state index is 6.04. The van der Waals surface area contributed by atoms with Gasteiger partial charge in [0.2, 0.25) is 0 Å². The van der Waals surface area contributed by atoms with Crippen LogP contribution in [-0.2, 0) is 0 Å². The SMILES string of the molecule is Cc1ccc(-n2nnnc2-c2cc(C)ccc2N)cc1. The molecule has 20 heavy (non-hydrogen) atoms. The average molecular weight is 265 g/mol. The van der Waals surface area contributed by atoms with Crippen molar-refractivity contribution < 1.29 is 0 Å². The predicted molar refractivity (Wildman–Crippen MR) is 78.5 cm³/mol. The van der Waals surface area contributed by atoms with Crippen LogP contribution in [0.2, 0.25) is 0 Å². The summed E-state index contributed by atoms with van der Waals surface area (Å²) in [5.41, 5.74) is 10.8. The fraction of sp³-hybridized carbons (Fsp3) is 0.133. The van der Waals surface area contributed by atoms with Crippen molar-refractivity contribution in [3.63, 3.8) is 0 Å². The fourth-order valence-corrected chi connectivity index (χ4v) is 2.08. The van der Waals surface area contributed by atoms with E-state index in [9.17, 15) is 0 Å². The molecule has 100 valence electrons. The minimum absolute atomic E-state index is 0.648. The van der Waals surface area contributed by atoms with Crippen molar-refractivity contribution in [3.05, 3.63) is 53.6 Å². The highest BCUT2D eigenvalue weighted by atomic mass is 15.5. The third kappa shape index (κ3) is 2.14. The molecule has 0 unspecified atom stereocenters. The van der Waals surface area contributed by atoms with Crippen molar-refractivity contribution in [2.75, 3.05) is 5.73 Å². The number of aromatic nitrogens is 4. The summed E-state index contributed by atoms with van der Waals surface area (Å²) in [7, 11) is 0. The first-order chi connectivity index (χ1) is 9.65. The van der Waals surface area contributed by atoms with Crippen LogP contribution in [0.15, 0.2) is 42.5 Å². The molecule has 0 bridgehead atoms. The van der Waals surface area contributed by atoms with Crippen molar-refractivity contribution in [2.45, 2.75) is 13.8 Å². The van der Waals surface area contributed by atoms with Gasteiger partial charge in [0.15, 0.2) is 5.82 Å². The highest BCUT2D eigenvalue weighted by molar-refractivity contribution is 5.73. The van der Waals surface area contributed by atoms with E-state index < -0.39 is 0 Å². The molecule has 2 aromatic carbocycles. The summed E-state index contributed by atoms with van der Waals surface area (Å²) < 4.78 is 1.70. The van der Waals surface area contributed by atoms with Crippen molar-refractivity contribution >= 4 is 5.69 Å². The van der Waals surface area contributed by atoms with Crippen LogP contribution in [-0.4, -0.2) is 20.2 Å². The molecule has 5 heteroatoms. The monoisotopic (exact) mass is 265 g/mol. The lowest BCUT2D eigenvalue weighted by atomic mass is 10.1. The van der Waals surface area contributed by atoms with E-state index in [4.69, 9.17) is 5.73 Å². The molecular formula is C15H15N5. The number of nitrogens with zero attached hydrogens (tertiary/aromatic N) is 4. The summed E-state index contributed by atoms with van der Waals surface area (Å²) >= 11 is 0. The minimum Gasteiger partial charge on any atom is -0.398 e. The van der Waals surface area contributed by atoms with E-state index >= 15 is 0 Å². The van der Waals surface area contributed by atoms with Gasteiger partial charge in [-0.1, -0.05) is 29.3 Å². The minimum atomic E-state index is 0.648. The Balaban J connectivity index is 2.15. The zero-order valence-electron chi connectivity index (χ0n) is 11.4. The Hall–Kier alpha value is -2.69. The first-order valence-electron chi connectivity index (χ1n) is 6.37. The molecule has 1 heterocycles. The van der Waals surface area contributed by atoms with Crippen molar-refractivity contribution in [2.24, 2.45) is 0 Å². The Labute approximate surface area is 117 Å². The number of hydrogen-bond donors (Lipinski definition) is 1.